The van der Waals surface area contributed by atoms with E-state index in [1.54, 1.807) is 0 Å². The summed E-state index contributed by atoms with van der Waals surface area (Å²) >= 11 is 0. The maximum atomic E-state index is 13.0. The minimum atomic E-state index is -1.63. The van der Waals surface area contributed by atoms with Crippen LogP contribution >= 0.6 is 0 Å². The molecular formula is C40H64O12. The van der Waals surface area contributed by atoms with Crippen LogP contribution in [0.2, 0.25) is 0 Å². The number of aliphatic hydroxyl groups is 6. The molecule has 20 atom stereocenters. The van der Waals surface area contributed by atoms with E-state index in [4.69, 9.17) is 18.9 Å². The molecule has 0 unspecified atom stereocenters. The van der Waals surface area contributed by atoms with Crippen LogP contribution in [0.25, 0.3) is 0 Å². The van der Waals surface area contributed by atoms with Crippen LogP contribution in [0.15, 0.2) is 12.2 Å². The summed E-state index contributed by atoms with van der Waals surface area (Å²) in [5.74, 6) is 0.196. The third kappa shape index (κ3) is 5.47. The van der Waals surface area contributed by atoms with E-state index in [0.29, 0.717) is 24.7 Å². The zero-order valence-electron chi connectivity index (χ0n) is 31.8. The fraction of sp³-hybridized carbons (Fsp3) is 0.925. The van der Waals surface area contributed by atoms with Crippen molar-refractivity contribution in [3.8, 4) is 0 Å². The van der Waals surface area contributed by atoms with Gasteiger partial charge in [0, 0.05) is 0 Å². The SMILES string of the molecule is C=C(C)[C@@H]1CC[C@]2(C(=O)O)CC[C@]3(C)[C@@H](CC[C@@H]4[C@@]5(C)CC[C@H](O[C@@H]6OC[C@H](O)[C@H](O)[C@H]6O[C@@H]6O[C@@H](C)[C@H](O)[C@@H](O)[C@H]6O)[C@@](C)(O)[C@@H]5CC[C@]43C)[C@@H]12. The molecule has 5 aliphatic carbocycles. The number of rotatable bonds is 6. The number of fused-ring (bicyclic) bond motifs is 7. The standard InChI is InChI=1S/C40H64O12/c1-19(2)21-10-15-40(35(46)47)17-16-37(5)22(27(21)40)8-9-24-36(4)13-12-26(39(7,48)25(36)11-14-38(24,37)6)51-34-32(29(43)23(41)18-49-34)52-33-31(45)30(44)28(42)20(3)50-33/h20-34,41-45,48H,1,8-18H2,2-7H3,(H,46,47)/t20-,21-,22-,23-,24+,25+,26-,27+,28-,29-,30+,31+,32+,33-,34-,36+,37+,38+,39-,40-/m0/s1. The fourth-order valence-electron chi connectivity index (χ4n) is 13.8. The van der Waals surface area contributed by atoms with Crippen molar-refractivity contribution in [3.63, 3.8) is 0 Å². The molecule has 0 spiro atoms. The van der Waals surface area contributed by atoms with Crippen molar-refractivity contribution < 1.29 is 59.5 Å². The molecular weight excluding hydrogens is 672 g/mol. The first-order valence-electron chi connectivity index (χ1n) is 19.8. The molecule has 296 valence electrons. The first-order valence-corrected chi connectivity index (χ1v) is 19.8. The summed E-state index contributed by atoms with van der Waals surface area (Å²) in [4.78, 5) is 13.0. The highest BCUT2D eigenvalue weighted by Crippen LogP contribution is 2.77. The highest BCUT2D eigenvalue weighted by atomic mass is 16.8. The van der Waals surface area contributed by atoms with E-state index in [9.17, 15) is 40.5 Å². The van der Waals surface area contributed by atoms with Crippen molar-refractivity contribution in [3.05, 3.63) is 12.2 Å². The molecule has 2 heterocycles. The monoisotopic (exact) mass is 736 g/mol. The van der Waals surface area contributed by atoms with Crippen molar-refractivity contribution in [2.75, 3.05) is 6.61 Å². The quantitative estimate of drug-likeness (QED) is 0.156. The van der Waals surface area contributed by atoms with E-state index in [2.05, 4.69) is 34.3 Å². The minimum absolute atomic E-state index is 0.0421. The Morgan fingerprint density at radius 3 is 2.15 bits per heavy atom. The molecule has 2 aliphatic heterocycles. The van der Waals surface area contributed by atoms with Gasteiger partial charge in [0.2, 0.25) is 0 Å². The van der Waals surface area contributed by atoms with Crippen molar-refractivity contribution in [2.45, 2.75) is 173 Å². The second-order valence-electron chi connectivity index (χ2n) is 19.1. The topological polar surface area (TPSA) is 196 Å². The molecule has 0 aromatic carbocycles. The zero-order valence-corrected chi connectivity index (χ0v) is 31.8. The smallest absolute Gasteiger partial charge is 0.309 e. The summed E-state index contributed by atoms with van der Waals surface area (Å²) in [7, 11) is 0. The van der Waals surface area contributed by atoms with Gasteiger partial charge in [-0.25, -0.2) is 0 Å². The lowest BCUT2D eigenvalue weighted by atomic mass is 9.33. The van der Waals surface area contributed by atoms with Gasteiger partial charge in [0.1, 0.15) is 36.6 Å². The molecule has 2 saturated heterocycles. The molecule has 0 amide bonds. The van der Waals surface area contributed by atoms with Crippen molar-refractivity contribution in [2.24, 2.45) is 51.2 Å². The van der Waals surface area contributed by atoms with Crippen LogP contribution in [0.1, 0.15) is 106 Å². The number of aliphatic carboxylic acids is 1. The first kappa shape index (κ1) is 39.1. The van der Waals surface area contributed by atoms with Crippen LogP contribution in [-0.4, -0.2) is 115 Å². The molecule has 0 aromatic rings. The van der Waals surface area contributed by atoms with E-state index in [0.717, 1.165) is 56.9 Å². The maximum absolute atomic E-state index is 13.0. The molecule has 0 bridgehead atoms. The third-order valence-electron chi connectivity index (χ3n) is 16.9. The molecule has 12 heteroatoms. The molecule has 0 radical (unpaired) electrons. The van der Waals surface area contributed by atoms with Gasteiger partial charge in [-0.05, 0) is 131 Å². The Morgan fingerprint density at radius 1 is 0.769 bits per heavy atom. The van der Waals surface area contributed by atoms with Gasteiger partial charge < -0.3 is 54.7 Å². The van der Waals surface area contributed by atoms with Gasteiger partial charge >= 0.3 is 5.97 Å². The Morgan fingerprint density at radius 2 is 1.48 bits per heavy atom. The number of carboxylic acid groups (broad SMARTS) is 1. The highest BCUT2D eigenvalue weighted by molar-refractivity contribution is 5.76. The minimum Gasteiger partial charge on any atom is -0.481 e. The average molecular weight is 737 g/mol. The summed E-state index contributed by atoms with van der Waals surface area (Å²) in [6, 6.07) is 0. The van der Waals surface area contributed by atoms with E-state index in [1.807, 2.05) is 6.92 Å². The molecule has 12 nitrogen and oxygen atoms in total. The van der Waals surface area contributed by atoms with Gasteiger partial charge in [0.05, 0.1) is 29.8 Å². The maximum Gasteiger partial charge on any atom is 0.309 e. The lowest BCUT2D eigenvalue weighted by Crippen LogP contribution is -2.69. The Labute approximate surface area is 307 Å². The normalized spacial score (nSPS) is 57.6. The van der Waals surface area contributed by atoms with Gasteiger partial charge in [-0.2, -0.15) is 0 Å². The highest BCUT2D eigenvalue weighted by Gasteiger charge is 2.72. The number of hydrogen-bond donors (Lipinski definition) is 7. The lowest BCUT2D eigenvalue weighted by molar-refractivity contribution is -0.368. The van der Waals surface area contributed by atoms with Crippen LogP contribution < -0.4 is 0 Å². The number of carboxylic acids is 1. The van der Waals surface area contributed by atoms with Gasteiger partial charge in [0.15, 0.2) is 12.6 Å². The molecule has 7 aliphatic rings. The molecule has 7 N–H and O–H groups in total. The van der Waals surface area contributed by atoms with E-state index in [-0.39, 0.29) is 40.6 Å². The molecule has 52 heavy (non-hydrogen) atoms. The predicted octanol–water partition coefficient (Wildman–Crippen LogP) is 3.13. The summed E-state index contributed by atoms with van der Waals surface area (Å²) in [6.45, 7) is 16.8. The van der Waals surface area contributed by atoms with Crippen LogP contribution in [0, 0.1) is 51.2 Å². The number of allylic oxidation sites excluding steroid dienone is 1. The number of carbonyl (C=O) groups is 1. The second kappa shape index (κ2) is 13.2. The Balaban J connectivity index is 1.12. The lowest BCUT2D eigenvalue weighted by Gasteiger charge is -2.72. The largest absolute Gasteiger partial charge is 0.481 e. The van der Waals surface area contributed by atoms with Crippen LogP contribution in [-0.2, 0) is 23.7 Å². The van der Waals surface area contributed by atoms with Crippen molar-refractivity contribution >= 4 is 5.97 Å². The summed E-state index contributed by atoms with van der Waals surface area (Å²) < 4.78 is 24.0. The summed E-state index contributed by atoms with van der Waals surface area (Å²) in [6.07, 6.45) is -4.67. The van der Waals surface area contributed by atoms with Crippen LogP contribution in [0.5, 0.6) is 0 Å². The Kier molecular flexibility index (Phi) is 9.92. The number of aliphatic hydroxyl groups excluding tert-OH is 5. The van der Waals surface area contributed by atoms with Crippen molar-refractivity contribution in [1.82, 2.24) is 0 Å². The molecule has 0 aromatic heterocycles. The Bertz CT molecular complexity index is 1390. The summed E-state index contributed by atoms with van der Waals surface area (Å²) in [5, 5.41) is 75.9. The van der Waals surface area contributed by atoms with E-state index in [1.165, 1.54) is 6.92 Å². The molecule has 7 rings (SSSR count). The Hall–Kier alpha value is -1.19. The first-order chi connectivity index (χ1) is 24.2. The zero-order chi connectivity index (χ0) is 37.9. The van der Waals surface area contributed by atoms with Gasteiger partial charge in [-0.15, -0.1) is 0 Å². The van der Waals surface area contributed by atoms with Crippen molar-refractivity contribution in [1.29, 1.82) is 0 Å². The van der Waals surface area contributed by atoms with Gasteiger partial charge in [-0.1, -0.05) is 32.9 Å². The van der Waals surface area contributed by atoms with E-state index < -0.39 is 78.4 Å². The number of hydrogen-bond acceptors (Lipinski definition) is 11. The second-order valence-corrected chi connectivity index (χ2v) is 19.1. The molecule has 7 fully saturated rings. The van der Waals surface area contributed by atoms with E-state index >= 15 is 0 Å². The van der Waals surface area contributed by atoms with Crippen LogP contribution in [0.4, 0.5) is 0 Å². The van der Waals surface area contributed by atoms with Crippen LogP contribution in [0.3, 0.4) is 0 Å². The average Bonchev–Trinajstić information content (AvgIpc) is 3.49. The summed E-state index contributed by atoms with van der Waals surface area (Å²) in [5.41, 5.74) is -1.14. The predicted molar refractivity (Wildman–Crippen MR) is 187 cm³/mol. The molecule has 5 saturated carbocycles. The number of ether oxygens (including phenoxy) is 4. The third-order valence-corrected chi connectivity index (χ3v) is 16.9. The fourth-order valence-corrected chi connectivity index (χ4v) is 13.8. The van der Waals surface area contributed by atoms with Gasteiger partial charge in [0.25, 0.3) is 0 Å². The van der Waals surface area contributed by atoms with Gasteiger partial charge in [-0.3, -0.25) is 4.79 Å².